The molecular weight excluding hydrogens is 348 g/mol. The van der Waals surface area contributed by atoms with Gasteiger partial charge in [0.1, 0.15) is 0 Å². The first-order valence-corrected chi connectivity index (χ1v) is 8.19. The summed E-state index contributed by atoms with van der Waals surface area (Å²) in [6, 6.07) is 16.1. The number of nitro benzene ring substituents is 1. The zero-order chi connectivity index (χ0) is 19.2. The smallest absolute Gasteiger partial charge is 0.269 e. The average Bonchev–Trinajstić information content (AvgIpc) is 2.69. The lowest BCUT2D eigenvalue weighted by atomic mass is 10.1. The number of benzene rings is 2. The summed E-state index contributed by atoms with van der Waals surface area (Å²) < 4.78 is 5.27. The van der Waals surface area contributed by atoms with Crippen LogP contribution in [0.5, 0.6) is 5.88 Å². The van der Waals surface area contributed by atoms with Gasteiger partial charge in [0.2, 0.25) is 5.88 Å². The highest BCUT2D eigenvalue weighted by Gasteiger charge is 2.10. The molecule has 0 saturated carbocycles. The largest absolute Gasteiger partial charge is 0.477 e. The number of nitro groups is 1. The minimum Gasteiger partial charge on any atom is -0.477 e. The molecule has 3 rings (SSSR count). The predicted octanol–water partition coefficient (Wildman–Crippen LogP) is 3.70. The van der Waals surface area contributed by atoms with Crippen LogP contribution in [0.4, 0.5) is 11.4 Å². The van der Waals surface area contributed by atoms with E-state index in [1.54, 1.807) is 30.3 Å². The monoisotopic (exact) mass is 364 g/mol. The Morgan fingerprint density at radius 3 is 2.52 bits per heavy atom. The standard InChI is InChI=1S/C19H16N4O4/c1-2-27-18-11-10-17(21-22-18)14-4-3-5-15(12-14)20-19(24)13-6-8-16(9-7-13)23(25)26/h3-12H,2H2,1H3,(H,20,24). The van der Waals surface area contributed by atoms with E-state index in [-0.39, 0.29) is 11.6 Å². The number of carbonyl (C=O) groups is 1. The second kappa shape index (κ2) is 8.05. The molecule has 1 aromatic heterocycles. The maximum Gasteiger partial charge on any atom is 0.269 e. The Bertz CT molecular complexity index is 956. The van der Waals surface area contributed by atoms with Crippen LogP contribution in [-0.4, -0.2) is 27.6 Å². The number of rotatable bonds is 6. The van der Waals surface area contributed by atoms with Crippen LogP contribution in [-0.2, 0) is 0 Å². The highest BCUT2D eigenvalue weighted by molar-refractivity contribution is 6.04. The topological polar surface area (TPSA) is 107 Å². The Morgan fingerprint density at radius 2 is 1.89 bits per heavy atom. The number of nitrogens with zero attached hydrogens (tertiary/aromatic N) is 3. The number of amides is 1. The molecule has 0 fully saturated rings. The summed E-state index contributed by atoms with van der Waals surface area (Å²) in [6.07, 6.45) is 0. The molecule has 0 atom stereocenters. The van der Waals surface area contributed by atoms with Crippen molar-refractivity contribution in [2.45, 2.75) is 6.92 Å². The van der Waals surface area contributed by atoms with Gasteiger partial charge in [-0.05, 0) is 37.3 Å². The van der Waals surface area contributed by atoms with E-state index in [1.165, 1.54) is 24.3 Å². The normalized spacial score (nSPS) is 10.3. The number of non-ortho nitro benzene ring substituents is 1. The van der Waals surface area contributed by atoms with E-state index in [0.717, 1.165) is 5.56 Å². The molecule has 2 aromatic carbocycles. The molecule has 0 saturated heterocycles. The van der Waals surface area contributed by atoms with Crippen LogP contribution in [0, 0.1) is 10.1 Å². The Morgan fingerprint density at radius 1 is 1.11 bits per heavy atom. The summed E-state index contributed by atoms with van der Waals surface area (Å²) in [6.45, 7) is 2.38. The molecule has 1 N–H and O–H groups in total. The van der Waals surface area contributed by atoms with Gasteiger partial charge in [0.15, 0.2) is 0 Å². The summed E-state index contributed by atoms with van der Waals surface area (Å²) in [5.74, 6) is 0.0868. The van der Waals surface area contributed by atoms with Gasteiger partial charge in [-0.15, -0.1) is 10.2 Å². The number of ether oxygens (including phenoxy) is 1. The van der Waals surface area contributed by atoms with Gasteiger partial charge in [0.05, 0.1) is 17.2 Å². The number of nitrogens with one attached hydrogen (secondary N) is 1. The van der Waals surface area contributed by atoms with Crippen LogP contribution in [0.15, 0.2) is 60.7 Å². The predicted molar refractivity (Wildman–Crippen MR) is 99.7 cm³/mol. The van der Waals surface area contributed by atoms with E-state index in [1.807, 2.05) is 13.0 Å². The molecule has 1 heterocycles. The van der Waals surface area contributed by atoms with Crippen molar-refractivity contribution in [2.75, 3.05) is 11.9 Å². The molecule has 0 aliphatic rings. The van der Waals surface area contributed by atoms with Gasteiger partial charge < -0.3 is 10.1 Å². The van der Waals surface area contributed by atoms with E-state index in [2.05, 4.69) is 15.5 Å². The molecule has 3 aromatic rings. The number of hydrogen-bond donors (Lipinski definition) is 1. The highest BCUT2D eigenvalue weighted by Crippen LogP contribution is 2.22. The minimum absolute atomic E-state index is 0.0670. The Labute approximate surface area is 155 Å². The first kappa shape index (κ1) is 18.0. The molecule has 8 heteroatoms. The molecule has 1 amide bonds. The van der Waals surface area contributed by atoms with Gasteiger partial charge in [-0.1, -0.05) is 12.1 Å². The van der Waals surface area contributed by atoms with E-state index >= 15 is 0 Å². The van der Waals surface area contributed by atoms with Crippen LogP contribution in [0.25, 0.3) is 11.3 Å². The van der Waals surface area contributed by atoms with Crippen molar-refractivity contribution >= 4 is 17.3 Å². The second-order valence-electron chi connectivity index (χ2n) is 5.53. The molecule has 0 unspecified atom stereocenters. The summed E-state index contributed by atoms with van der Waals surface area (Å²) in [5, 5.41) is 21.6. The van der Waals surface area contributed by atoms with Crippen LogP contribution < -0.4 is 10.1 Å². The maximum atomic E-state index is 12.3. The third-order valence-corrected chi connectivity index (χ3v) is 3.69. The zero-order valence-corrected chi connectivity index (χ0v) is 14.5. The van der Waals surface area contributed by atoms with Crippen molar-refractivity contribution in [3.8, 4) is 17.1 Å². The van der Waals surface area contributed by atoms with Gasteiger partial charge in [-0.25, -0.2) is 0 Å². The molecule has 0 spiro atoms. The first-order chi connectivity index (χ1) is 13.1. The zero-order valence-electron chi connectivity index (χ0n) is 14.5. The number of carbonyl (C=O) groups excluding carboxylic acids is 1. The lowest BCUT2D eigenvalue weighted by Crippen LogP contribution is -2.11. The molecule has 0 aliphatic carbocycles. The van der Waals surface area contributed by atoms with Gasteiger partial charge in [-0.3, -0.25) is 14.9 Å². The highest BCUT2D eigenvalue weighted by atomic mass is 16.6. The molecular formula is C19H16N4O4. The van der Waals surface area contributed by atoms with Crippen molar-refractivity contribution < 1.29 is 14.5 Å². The van der Waals surface area contributed by atoms with Crippen molar-refractivity contribution in [3.05, 3.63) is 76.3 Å². The molecule has 136 valence electrons. The lowest BCUT2D eigenvalue weighted by molar-refractivity contribution is -0.384. The van der Waals surface area contributed by atoms with Crippen molar-refractivity contribution in [3.63, 3.8) is 0 Å². The molecule has 8 nitrogen and oxygen atoms in total. The Hall–Kier alpha value is -3.81. The Kier molecular flexibility index (Phi) is 5.36. The summed E-state index contributed by atoms with van der Waals surface area (Å²) in [5.41, 5.74) is 2.26. The van der Waals surface area contributed by atoms with Crippen LogP contribution in [0.2, 0.25) is 0 Å². The lowest BCUT2D eigenvalue weighted by Gasteiger charge is -2.08. The fraction of sp³-hybridized carbons (Fsp3) is 0.105. The molecule has 0 bridgehead atoms. The fourth-order valence-corrected chi connectivity index (χ4v) is 2.39. The summed E-state index contributed by atoms with van der Waals surface area (Å²) >= 11 is 0. The third kappa shape index (κ3) is 4.43. The van der Waals surface area contributed by atoms with Gasteiger partial charge in [0.25, 0.3) is 11.6 Å². The second-order valence-corrected chi connectivity index (χ2v) is 5.53. The van der Waals surface area contributed by atoms with Gasteiger partial charge in [-0.2, -0.15) is 0 Å². The average molecular weight is 364 g/mol. The third-order valence-electron chi connectivity index (χ3n) is 3.69. The number of aromatic nitrogens is 2. The fourth-order valence-electron chi connectivity index (χ4n) is 2.39. The molecule has 0 aliphatic heterocycles. The maximum absolute atomic E-state index is 12.3. The van der Waals surface area contributed by atoms with Crippen molar-refractivity contribution in [1.82, 2.24) is 10.2 Å². The summed E-state index contributed by atoms with van der Waals surface area (Å²) in [7, 11) is 0. The van der Waals surface area contributed by atoms with Gasteiger partial charge in [0, 0.05) is 35.0 Å². The van der Waals surface area contributed by atoms with E-state index < -0.39 is 4.92 Å². The van der Waals surface area contributed by atoms with Crippen LogP contribution in [0.3, 0.4) is 0 Å². The van der Waals surface area contributed by atoms with Crippen molar-refractivity contribution in [2.24, 2.45) is 0 Å². The van der Waals surface area contributed by atoms with E-state index in [9.17, 15) is 14.9 Å². The molecule has 0 radical (unpaired) electrons. The van der Waals surface area contributed by atoms with E-state index in [4.69, 9.17) is 4.74 Å². The SMILES string of the molecule is CCOc1ccc(-c2cccc(NC(=O)c3ccc([N+](=O)[O-])cc3)c2)nn1. The van der Waals surface area contributed by atoms with Crippen molar-refractivity contribution in [1.29, 1.82) is 0 Å². The summed E-state index contributed by atoms with van der Waals surface area (Å²) in [4.78, 5) is 22.5. The quantitative estimate of drug-likeness (QED) is 0.528. The first-order valence-electron chi connectivity index (χ1n) is 8.19. The van der Waals surface area contributed by atoms with Crippen LogP contribution in [0.1, 0.15) is 17.3 Å². The Balaban J connectivity index is 1.75. The number of anilines is 1. The molecule has 27 heavy (non-hydrogen) atoms. The van der Waals surface area contributed by atoms with Crippen LogP contribution >= 0.6 is 0 Å². The van der Waals surface area contributed by atoms with Gasteiger partial charge >= 0.3 is 0 Å². The number of hydrogen-bond acceptors (Lipinski definition) is 6. The van der Waals surface area contributed by atoms with E-state index in [0.29, 0.717) is 29.4 Å². The minimum atomic E-state index is -0.511.